The van der Waals surface area contributed by atoms with E-state index in [2.05, 4.69) is 242 Å². The van der Waals surface area contributed by atoms with E-state index >= 15 is 0 Å². The predicted octanol–water partition coefficient (Wildman–Crippen LogP) is 15.3. The molecular weight excluding hydrogens is 725 g/mol. The summed E-state index contributed by atoms with van der Waals surface area (Å²) in [6, 6.07) is 80.8. The van der Waals surface area contributed by atoms with E-state index in [0.717, 1.165) is 28.4 Å². The second-order valence-electron chi connectivity index (χ2n) is 16.8. The summed E-state index contributed by atoms with van der Waals surface area (Å²) >= 11 is 0. The summed E-state index contributed by atoms with van der Waals surface area (Å²) < 4.78 is 0. The lowest BCUT2D eigenvalue weighted by Crippen LogP contribution is -2.26. The van der Waals surface area contributed by atoms with Gasteiger partial charge in [0.15, 0.2) is 0 Å². The van der Waals surface area contributed by atoms with E-state index in [9.17, 15) is 0 Å². The Balaban J connectivity index is 1.10. The SMILES string of the molecule is CC1(C)c2ccccc2-c2cccc(N(c3ccccc3)c3ccc4c(c3)C3(c5ccccc5-c5cc(N(c6ccccc6)c6ccccc6)ccc53)c3ccccc3-4)c21. The molecule has 0 radical (unpaired) electrons. The monoisotopic (exact) mass is 766 g/mol. The number of anilines is 6. The largest absolute Gasteiger partial charge is 0.310 e. The van der Waals surface area contributed by atoms with Gasteiger partial charge >= 0.3 is 0 Å². The molecular formula is C58H42N2. The zero-order valence-corrected chi connectivity index (χ0v) is 33.7. The van der Waals surface area contributed by atoms with Crippen molar-refractivity contribution in [3.05, 3.63) is 252 Å². The summed E-state index contributed by atoms with van der Waals surface area (Å²) in [6.07, 6.45) is 0. The normalized spacial score (nSPS) is 15.7. The highest BCUT2D eigenvalue weighted by atomic mass is 15.2. The van der Waals surface area contributed by atoms with Crippen molar-refractivity contribution in [2.24, 2.45) is 0 Å². The van der Waals surface area contributed by atoms with Gasteiger partial charge in [-0.05, 0) is 133 Å². The lowest BCUT2D eigenvalue weighted by Gasteiger charge is -2.34. The van der Waals surface area contributed by atoms with Crippen LogP contribution in [0.2, 0.25) is 0 Å². The van der Waals surface area contributed by atoms with Crippen LogP contribution in [0.15, 0.2) is 218 Å². The topological polar surface area (TPSA) is 6.48 Å². The van der Waals surface area contributed by atoms with Crippen molar-refractivity contribution in [2.45, 2.75) is 24.7 Å². The lowest BCUT2D eigenvalue weighted by atomic mass is 9.70. The van der Waals surface area contributed by atoms with E-state index in [1.165, 1.54) is 72.4 Å². The van der Waals surface area contributed by atoms with E-state index in [4.69, 9.17) is 0 Å². The highest BCUT2D eigenvalue weighted by molar-refractivity contribution is 5.98. The van der Waals surface area contributed by atoms with Gasteiger partial charge in [-0.1, -0.05) is 166 Å². The molecule has 1 atom stereocenters. The molecule has 9 aromatic rings. The van der Waals surface area contributed by atoms with E-state index in [1.54, 1.807) is 0 Å². The van der Waals surface area contributed by atoms with Crippen LogP contribution in [0.5, 0.6) is 0 Å². The molecule has 0 amide bonds. The lowest BCUT2D eigenvalue weighted by molar-refractivity contribution is 0.661. The van der Waals surface area contributed by atoms with Crippen LogP contribution in [0.3, 0.4) is 0 Å². The van der Waals surface area contributed by atoms with Crippen LogP contribution >= 0.6 is 0 Å². The standard InChI is InChI=1S/C58H42N2/c1-57(2)50-29-15-12-26-45(50)48-28-18-32-55(56(48)57)60(41-23-10-5-11-24-41)43-33-35-47-44-25-13-16-30-51(44)58(54(47)38-43)52-31-17-14-27-46(52)49-37-42(34-36-53(49)58)59(39-19-6-3-7-20-39)40-21-8-4-9-22-40/h3-38H,1-2H3. The number of benzene rings is 9. The predicted molar refractivity (Wildman–Crippen MR) is 250 cm³/mol. The molecule has 9 aromatic carbocycles. The summed E-state index contributed by atoms with van der Waals surface area (Å²) in [5, 5.41) is 0. The fourth-order valence-corrected chi connectivity index (χ4v) is 11.0. The molecule has 12 rings (SSSR count). The fourth-order valence-electron chi connectivity index (χ4n) is 11.0. The second kappa shape index (κ2) is 13.0. The van der Waals surface area contributed by atoms with Crippen molar-refractivity contribution >= 4 is 34.1 Å². The third-order valence-corrected chi connectivity index (χ3v) is 13.4. The van der Waals surface area contributed by atoms with Crippen LogP contribution in [-0.2, 0) is 10.8 Å². The zero-order valence-electron chi connectivity index (χ0n) is 33.7. The van der Waals surface area contributed by atoms with Crippen LogP contribution in [0, 0.1) is 0 Å². The van der Waals surface area contributed by atoms with Crippen LogP contribution in [0.25, 0.3) is 33.4 Å². The molecule has 0 saturated carbocycles. The Morgan fingerprint density at radius 2 is 0.717 bits per heavy atom. The van der Waals surface area contributed by atoms with Crippen LogP contribution in [-0.4, -0.2) is 0 Å². The van der Waals surface area contributed by atoms with E-state index in [0.29, 0.717) is 0 Å². The van der Waals surface area contributed by atoms with Gasteiger partial charge in [0.2, 0.25) is 0 Å². The summed E-state index contributed by atoms with van der Waals surface area (Å²) in [4.78, 5) is 4.88. The molecule has 284 valence electrons. The molecule has 0 aromatic heterocycles. The molecule has 0 fully saturated rings. The van der Waals surface area contributed by atoms with Gasteiger partial charge < -0.3 is 9.80 Å². The molecule has 0 aliphatic heterocycles. The smallest absolute Gasteiger partial charge is 0.0726 e. The van der Waals surface area contributed by atoms with E-state index < -0.39 is 5.41 Å². The van der Waals surface area contributed by atoms with Crippen molar-refractivity contribution in [3.8, 4) is 33.4 Å². The van der Waals surface area contributed by atoms with Crippen molar-refractivity contribution in [1.29, 1.82) is 0 Å². The van der Waals surface area contributed by atoms with Crippen LogP contribution < -0.4 is 9.80 Å². The maximum atomic E-state index is 2.51. The Hall–Kier alpha value is -7.42. The number of nitrogens with zero attached hydrogens (tertiary/aromatic N) is 2. The Morgan fingerprint density at radius 1 is 0.283 bits per heavy atom. The van der Waals surface area contributed by atoms with Gasteiger partial charge in [0.25, 0.3) is 0 Å². The maximum absolute atomic E-state index is 2.51. The number of fused-ring (bicyclic) bond motifs is 13. The third kappa shape index (κ3) is 4.76. The fraction of sp³-hybridized carbons (Fsp3) is 0.0690. The molecule has 3 aliphatic carbocycles. The molecule has 1 spiro atoms. The van der Waals surface area contributed by atoms with Gasteiger partial charge in [-0.15, -0.1) is 0 Å². The number of rotatable bonds is 6. The first-order valence-electron chi connectivity index (χ1n) is 21.0. The maximum Gasteiger partial charge on any atom is 0.0726 e. The first-order valence-corrected chi connectivity index (χ1v) is 21.0. The molecule has 1 unspecified atom stereocenters. The van der Waals surface area contributed by atoms with Crippen LogP contribution in [0.4, 0.5) is 34.1 Å². The second-order valence-corrected chi connectivity index (χ2v) is 16.8. The molecule has 0 saturated heterocycles. The molecule has 2 nitrogen and oxygen atoms in total. The van der Waals surface area contributed by atoms with Gasteiger partial charge in [-0.2, -0.15) is 0 Å². The Kier molecular flexibility index (Phi) is 7.52. The molecule has 3 aliphatic rings. The Bertz CT molecular complexity index is 3090. The first-order chi connectivity index (χ1) is 29.5. The van der Waals surface area contributed by atoms with E-state index in [1.807, 2.05) is 0 Å². The first kappa shape index (κ1) is 34.6. The van der Waals surface area contributed by atoms with Gasteiger partial charge in [0.1, 0.15) is 0 Å². The average molecular weight is 767 g/mol. The zero-order chi connectivity index (χ0) is 40.0. The highest BCUT2D eigenvalue weighted by Crippen LogP contribution is 2.64. The molecule has 0 N–H and O–H groups in total. The van der Waals surface area contributed by atoms with Crippen molar-refractivity contribution in [2.75, 3.05) is 9.80 Å². The molecule has 0 bridgehead atoms. The van der Waals surface area contributed by atoms with E-state index in [-0.39, 0.29) is 5.41 Å². The van der Waals surface area contributed by atoms with Gasteiger partial charge in [0, 0.05) is 33.9 Å². The van der Waals surface area contributed by atoms with Crippen molar-refractivity contribution < 1.29 is 0 Å². The summed E-state index contributed by atoms with van der Waals surface area (Å²) in [5.74, 6) is 0. The summed E-state index contributed by atoms with van der Waals surface area (Å²) in [5.41, 5.74) is 22.0. The number of para-hydroxylation sites is 3. The minimum atomic E-state index is -0.507. The number of hydrogen-bond acceptors (Lipinski definition) is 2. The molecule has 2 heteroatoms. The van der Waals surface area contributed by atoms with Gasteiger partial charge in [0.05, 0.1) is 11.1 Å². The Morgan fingerprint density at radius 3 is 1.33 bits per heavy atom. The van der Waals surface area contributed by atoms with Gasteiger partial charge in [-0.3, -0.25) is 0 Å². The van der Waals surface area contributed by atoms with Gasteiger partial charge in [-0.25, -0.2) is 0 Å². The highest BCUT2D eigenvalue weighted by Gasteiger charge is 2.52. The summed E-state index contributed by atoms with van der Waals surface area (Å²) in [6.45, 7) is 4.77. The quantitative estimate of drug-likeness (QED) is 0.166. The number of hydrogen-bond donors (Lipinski definition) is 0. The minimum absolute atomic E-state index is 0.182. The average Bonchev–Trinajstić information content (AvgIpc) is 3.86. The molecule has 0 heterocycles. The Labute approximate surface area is 352 Å². The van der Waals surface area contributed by atoms with Crippen molar-refractivity contribution in [3.63, 3.8) is 0 Å². The molecule has 60 heavy (non-hydrogen) atoms. The van der Waals surface area contributed by atoms with Crippen LogP contribution in [0.1, 0.15) is 47.2 Å². The summed E-state index contributed by atoms with van der Waals surface area (Å²) in [7, 11) is 0. The third-order valence-electron chi connectivity index (χ3n) is 13.4. The van der Waals surface area contributed by atoms with Crippen molar-refractivity contribution in [1.82, 2.24) is 0 Å². The minimum Gasteiger partial charge on any atom is -0.310 e.